The summed E-state index contributed by atoms with van der Waals surface area (Å²) in [6, 6.07) is 0. The number of aliphatic imine (C=N–C) groups is 1. The Morgan fingerprint density at radius 2 is 1.97 bits per heavy atom. The molecule has 31 heavy (non-hydrogen) atoms. The molecule has 0 heterocycles. The predicted octanol–water partition coefficient (Wildman–Crippen LogP) is 6.25. The first-order chi connectivity index (χ1) is 14.7. The highest BCUT2D eigenvalue weighted by Crippen LogP contribution is 2.15. The van der Waals surface area contributed by atoms with Crippen molar-refractivity contribution in [3.63, 3.8) is 0 Å². The molecule has 178 valence electrons. The van der Waals surface area contributed by atoms with E-state index in [1.165, 1.54) is 0 Å². The van der Waals surface area contributed by atoms with Gasteiger partial charge in [-0.05, 0) is 96.9 Å². The zero-order valence-corrected chi connectivity index (χ0v) is 20.8. The lowest BCUT2D eigenvalue weighted by Gasteiger charge is -2.23. The summed E-state index contributed by atoms with van der Waals surface area (Å²) in [7, 11) is 0. The van der Waals surface area contributed by atoms with Gasteiger partial charge in [-0.2, -0.15) is 0 Å². The Morgan fingerprint density at radius 3 is 2.55 bits per heavy atom. The van der Waals surface area contributed by atoms with E-state index in [2.05, 4.69) is 30.2 Å². The van der Waals surface area contributed by atoms with Gasteiger partial charge in [0, 0.05) is 12.3 Å². The minimum absolute atomic E-state index is 0.276. The van der Waals surface area contributed by atoms with Gasteiger partial charge in [0.15, 0.2) is 0 Å². The number of nitrogens with zero attached hydrogens (tertiary/aromatic N) is 1. The zero-order chi connectivity index (χ0) is 23.7. The van der Waals surface area contributed by atoms with Crippen LogP contribution in [0, 0.1) is 5.92 Å². The molecule has 0 fully saturated rings. The number of ether oxygens (including phenoxy) is 2. The molecule has 3 N–H and O–H groups in total. The highest BCUT2D eigenvalue weighted by molar-refractivity contribution is 5.82. The Labute approximate surface area is 190 Å². The Morgan fingerprint density at radius 1 is 1.26 bits per heavy atom. The first kappa shape index (κ1) is 28.9. The maximum Gasteiger partial charge on any atom is 0.407 e. The predicted molar refractivity (Wildman–Crippen MR) is 131 cm³/mol. The van der Waals surface area contributed by atoms with Crippen LogP contribution < -0.4 is 11.1 Å². The normalized spacial score (nSPS) is 14.6. The molecule has 0 aromatic carbocycles. The molecule has 0 aliphatic rings. The highest BCUT2D eigenvalue weighted by atomic mass is 16.6. The molecule has 0 aromatic rings. The second-order valence-corrected chi connectivity index (χ2v) is 8.45. The van der Waals surface area contributed by atoms with E-state index in [9.17, 15) is 4.79 Å². The summed E-state index contributed by atoms with van der Waals surface area (Å²) in [6.45, 7) is 15.2. The number of hydrogen-bond donors (Lipinski definition) is 2. The Kier molecular flexibility index (Phi) is 15.5. The molecule has 0 bridgehead atoms. The van der Waals surface area contributed by atoms with Crippen LogP contribution in [0.1, 0.15) is 87.0 Å². The van der Waals surface area contributed by atoms with E-state index < -0.39 is 5.60 Å². The Hall–Kier alpha value is -2.08. The number of hydrogen-bond acceptors (Lipinski definition) is 5. The number of alkyl carbamates (subject to hydrolysis) is 1. The third-order valence-electron chi connectivity index (χ3n) is 4.93. The Bertz CT molecular complexity index is 634. The molecular formula is C25H45N3O3. The number of rotatable bonds is 15. The van der Waals surface area contributed by atoms with Crippen LogP contribution in [0.15, 0.2) is 40.9 Å². The van der Waals surface area contributed by atoms with E-state index in [0.29, 0.717) is 19.0 Å². The van der Waals surface area contributed by atoms with E-state index in [-0.39, 0.29) is 12.0 Å². The molecule has 0 spiro atoms. The molecule has 0 aromatic heterocycles. The van der Waals surface area contributed by atoms with Gasteiger partial charge in [0.2, 0.25) is 5.88 Å². The van der Waals surface area contributed by atoms with Crippen LogP contribution in [0.2, 0.25) is 0 Å². The second-order valence-electron chi connectivity index (χ2n) is 8.45. The maximum absolute atomic E-state index is 11.9. The van der Waals surface area contributed by atoms with Gasteiger partial charge in [0.25, 0.3) is 0 Å². The molecule has 0 aliphatic heterocycles. The highest BCUT2D eigenvalue weighted by Gasteiger charge is 2.20. The van der Waals surface area contributed by atoms with Crippen molar-refractivity contribution in [2.45, 2.75) is 92.6 Å². The number of amides is 1. The summed E-state index contributed by atoms with van der Waals surface area (Å²) in [5.74, 6) is 1.66. The number of unbranched alkanes of at least 4 members (excludes halogenated alkanes) is 2. The van der Waals surface area contributed by atoms with Gasteiger partial charge in [-0.3, -0.25) is 0 Å². The summed E-state index contributed by atoms with van der Waals surface area (Å²) >= 11 is 0. The zero-order valence-electron chi connectivity index (χ0n) is 20.8. The fourth-order valence-electron chi connectivity index (χ4n) is 2.32. The average molecular weight is 436 g/mol. The number of allylic oxidation sites excluding steroid dienone is 4. The van der Waals surface area contributed by atoms with Crippen molar-refractivity contribution in [3.8, 4) is 0 Å². The molecule has 0 radical (unpaired) electrons. The van der Waals surface area contributed by atoms with Crippen molar-refractivity contribution in [1.29, 1.82) is 0 Å². The van der Waals surface area contributed by atoms with Crippen LogP contribution in [0.3, 0.4) is 0 Å². The van der Waals surface area contributed by atoms with Gasteiger partial charge in [-0.1, -0.05) is 26.8 Å². The largest absolute Gasteiger partial charge is 0.444 e. The lowest BCUT2D eigenvalue weighted by Crippen LogP contribution is -2.36. The van der Waals surface area contributed by atoms with Crippen LogP contribution in [-0.4, -0.2) is 30.5 Å². The Balaban J connectivity index is 4.72. The van der Waals surface area contributed by atoms with E-state index in [4.69, 9.17) is 15.2 Å². The minimum atomic E-state index is -0.445. The number of carbonyl (C=O) groups excluding carboxylic acids is 1. The van der Waals surface area contributed by atoms with Gasteiger partial charge in [0.1, 0.15) is 11.4 Å². The lowest BCUT2D eigenvalue weighted by molar-refractivity contribution is 0.0357. The van der Waals surface area contributed by atoms with Crippen molar-refractivity contribution in [2.24, 2.45) is 16.6 Å². The number of carbonyl (C=O) groups is 1. The van der Waals surface area contributed by atoms with Crippen LogP contribution in [0.25, 0.3) is 0 Å². The summed E-state index contributed by atoms with van der Waals surface area (Å²) in [5.41, 5.74) is 6.16. The van der Waals surface area contributed by atoms with Crippen LogP contribution in [-0.2, 0) is 9.47 Å². The molecule has 1 unspecified atom stereocenters. The molecule has 0 saturated carbocycles. The average Bonchev–Trinajstić information content (AvgIpc) is 2.73. The van der Waals surface area contributed by atoms with Gasteiger partial charge < -0.3 is 20.5 Å². The van der Waals surface area contributed by atoms with Crippen molar-refractivity contribution < 1.29 is 14.3 Å². The molecule has 0 rings (SSSR count). The van der Waals surface area contributed by atoms with Gasteiger partial charge >= 0.3 is 6.09 Å². The van der Waals surface area contributed by atoms with Crippen molar-refractivity contribution in [1.82, 2.24) is 5.32 Å². The van der Waals surface area contributed by atoms with Crippen LogP contribution in [0.4, 0.5) is 4.79 Å². The van der Waals surface area contributed by atoms with Gasteiger partial charge in [0.05, 0.1) is 0 Å². The quantitative estimate of drug-likeness (QED) is 0.138. The first-order valence-corrected chi connectivity index (χ1v) is 11.6. The molecule has 1 amide bonds. The third-order valence-corrected chi connectivity index (χ3v) is 4.93. The van der Waals surface area contributed by atoms with Crippen LogP contribution >= 0.6 is 0 Å². The van der Waals surface area contributed by atoms with E-state index in [0.717, 1.165) is 50.0 Å². The molecule has 6 nitrogen and oxygen atoms in total. The second kappa shape index (κ2) is 16.6. The molecule has 0 aliphatic carbocycles. The third kappa shape index (κ3) is 15.4. The molecule has 6 heteroatoms. The lowest BCUT2D eigenvalue weighted by atomic mass is 10.1. The SMILES string of the molecule is C/C=C(\C=C/CC(C)CNC(=O)OC(C)(C)CC)O/C(=C/CCCCN)N=C(C)CC. The molecule has 1 atom stereocenters. The van der Waals surface area contributed by atoms with E-state index in [1.54, 1.807) is 0 Å². The van der Waals surface area contributed by atoms with Crippen LogP contribution in [0.5, 0.6) is 0 Å². The molecular weight excluding hydrogens is 390 g/mol. The smallest absolute Gasteiger partial charge is 0.407 e. The summed E-state index contributed by atoms with van der Waals surface area (Å²) in [6.07, 6.45) is 13.0. The standard InChI is InChI=1S/C25H45N3O3/c1-8-21(5)28-23(17-12-11-13-18-26)30-22(9-2)16-14-15-20(4)19-27-24(29)31-25(6,7)10-3/h9,14,16-17,20H,8,10-13,15,18-19,26H2,1-7H3,(H,27,29)/b16-14-,22-9+,23-17+,28-21?. The van der Waals surface area contributed by atoms with E-state index >= 15 is 0 Å². The summed E-state index contributed by atoms with van der Waals surface area (Å²) in [5, 5.41) is 2.84. The first-order valence-electron chi connectivity index (χ1n) is 11.6. The fraction of sp³-hybridized carbons (Fsp3) is 0.680. The molecule has 0 saturated heterocycles. The van der Waals surface area contributed by atoms with Crippen molar-refractivity contribution in [3.05, 3.63) is 35.9 Å². The maximum atomic E-state index is 11.9. The van der Waals surface area contributed by atoms with Crippen molar-refractivity contribution in [2.75, 3.05) is 13.1 Å². The monoisotopic (exact) mass is 435 g/mol. The number of nitrogens with two attached hydrogens (primary N) is 1. The summed E-state index contributed by atoms with van der Waals surface area (Å²) < 4.78 is 11.4. The summed E-state index contributed by atoms with van der Waals surface area (Å²) in [4.78, 5) is 16.5. The van der Waals surface area contributed by atoms with Crippen molar-refractivity contribution >= 4 is 11.8 Å². The van der Waals surface area contributed by atoms with Gasteiger partial charge in [-0.25, -0.2) is 9.79 Å². The minimum Gasteiger partial charge on any atom is -0.444 e. The van der Waals surface area contributed by atoms with E-state index in [1.807, 2.05) is 52.8 Å². The fourth-order valence-corrected chi connectivity index (χ4v) is 2.32. The topological polar surface area (TPSA) is 85.9 Å². The number of nitrogens with one attached hydrogen (secondary N) is 1. The van der Waals surface area contributed by atoms with Gasteiger partial charge in [-0.15, -0.1) is 0 Å².